The number of fused-ring (bicyclic) bond motifs is 1. The number of hydrogen-bond acceptors (Lipinski definition) is 11. The third kappa shape index (κ3) is 4.66. The van der Waals surface area contributed by atoms with E-state index in [9.17, 15) is 18.9 Å². The molecule has 4 atom stereocenters. The molecule has 0 unspecified atom stereocenters. The number of rotatable bonds is 6. The first kappa shape index (κ1) is 21.9. The van der Waals surface area contributed by atoms with Gasteiger partial charge in [0.1, 0.15) is 6.10 Å². The van der Waals surface area contributed by atoms with Gasteiger partial charge in [0.25, 0.3) is 5.56 Å². The van der Waals surface area contributed by atoms with Crippen LogP contribution in [0.2, 0.25) is 0 Å². The molecular weight excluding hydrogens is 429 g/mol. The molecule has 0 aliphatic carbocycles. The number of nitrogens with two attached hydrogens (primary N) is 1. The Labute approximate surface area is 167 Å². The number of phosphoric ester groups is 1. The minimum absolute atomic E-state index is 0.0171. The van der Waals surface area contributed by atoms with Crippen LogP contribution in [0.4, 0.5) is 5.95 Å². The predicted octanol–water partition coefficient (Wildman–Crippen LogP) is -1.43. The molecule has 0 amide bonds. The van der Waals surface area contributed by atoms with Gasteiger partial charge in [0, 0.05) is 13.8 Å². The van der Waals surface area contributed by atoms with Crippen LogP contribution >= 0.6 is 7.82 Å². The number of aromatic amines is 1. The molecule has 0 spiro atoms. The number of aromatic nitrogens is 4. The van der Waals surface area contributed by atoms with E-state index in [-0.39, 0.29) is 17.1 Å². The minimum Gasteiger partial charge on any atom is -0.456 e. The number of ether oxygens (including phenoxy) is 3. The van der Waals surface area contributed by atoms with Crippen LogP contribution in [0.25, 0.3) is 11.2 Å². The summed E-state index contributed by atoms with van der Waals surface area (Å²) in [5.74, 6) is -1.73. The topological polar surface area (TPSA) is 218 Å². The van der Waals surface area contributed by atoms with Gasteiger partial charge >= 0.3 is 19.8 Å². The molecule has 1 aliphatic rings. The molecule has 15 nitrogen and oxygen atoms in total. The van der Waals surface area contributed by atoms with Gasteiger partial charge in [0.2, 0.25) is 5.95 Å². The molecule has 3 rings (SSSR count). The van der Waals surface area contributed by atoms with Gasteiger partial charge in [0.15, 0.2) is 29.6 Å². The average molecular weight is 447 g/mol. The summed E-state index contributed by atoms with van der Waals surface area (Å²) in [6, 6.07) is 0. The maximum Gasteiger partial charge on any atom is 0.469 e. The monoisotopic (exact) mass is 447 g/mol. The number of nitrogen functional groups attached to an aromatic ring is 1. The first-order valence-corrected chi connectivity index (χ1v) is 9.91. The molecular formula is C14H18N5O10P. The first-order chi connectivity index (χ1) is 14.0. The van der Waals surface area contributed by atoms with Crippen LogP contribution in [0.3, 0.4) is 0 Å². The summed E-state index contributed by atoms with van der Waals surface area (Å²) in [6.45, 7) is 1.50. The lowest BCUT2D eigenvalue weighted by atomic mass is 10.1. The third-order valence-corrected chi connectivity index (χ3v) is 4.51. The largest absolute Gasteiger partial charge is 0.469 e. The van der Waals surface area contributed by atoms with Gasteiger partial charge in [-0.05, 0) is 0 Å². The van der Waals surface area contributed by atoms with Crippen LogP contribution in [0.15, 0.2) is 11.1 Å². The van der Waals surface area contributed by atoms with Crippen molar-refractivity contribution in [1.29, 1.82) is 0 Å². The summed E-state index contributed by atoms with van der Waals surface area (Å²) < 4.78 is 32.9. The Morgan fingerprint density at radius 1 is 1.30 bits per heavy atom. The van der Waals surface area contributed by atoms with Gasteiger partial charge in [-0.2, -0.15) is 4.98 Å². The number of carbonyl (C=O) groups is 2. The highest BCUT2D eigenvalue weighted by Gasteiger charge is 2.51. The highest BCUT2D eigenvalue weighted by molar-refractivity contribution is 7.46. The number of H-pyrrole nitrogens is 1. The van der Waals surface area contributed by atoms with E-state index in [0.717, 1.165) is 13.8 Å². The van der Waals surface area contributed by atoms with Gasteiger partial charge in [-0.1, -0.05) is 0 Å². The normalized spacial score (nSPS) is 24.1. The number of phosphoric acid groups is 1. The zero-order chi connectivity index (χ0) is 22.2. The molecule has 16 heteroatoms. The van der Waals surface area contributed by atoms with E-state index in [1.165, 1.54) is 10.9 Å². The number of esters is 2. The van der Waals surface area contributed by atoms with Crippen molar-refractivity contribution >= 4 is 36.9 Å². The molecule has 1 aliphatic heterocycles. The lowest BCUT2D eigenvalue weighted by Crippen LogP contribution is -2.40. The second kappa shape index (κ2) is 8.12. The van der Waals surface area contributed by atoms with Crippen molar-refractivity contribution in [2.45, 2.75) is 38.4 Å². The molecule has 0 bridgehead atoms. The fraction of sp³-hybridized carbons (Fsp3) is 0.500. The summed E-state index contributed by atoms with van der Waals surface area (Å²) in [4.78, 5) is 63.4. The Hall–Kier alpha value is -2.84. The summed E-state index contributed by atoms with van der Waals surface area (Å²) in [6.07, 6.45) is -3.88. The molecule has 1 saturated heterocycles. The van der Waals surface area contributed by atoms with E-state index < -0.39 is 56.5 Å². The molecule has 30 heavy (non-hydrogen) atoms. The third-order valence-electron chi connectivity index (χ3n) is 4.02. The molecule has 1 fully saturated rings. The van der Waals surface area contributed by atoms with Crippen LogP contribution in [0.1, 0.15) is 20.1 Å². The quantitative estimate of drug-likeness (QED) is 0.295. The molecule has 2 aromatic heterocycles. The van der Waals surface area contributed by atoms with Crippen LogP contribution in [0, 0.1) is 0 Å². The molecule has 2 aromatic rings. The van der Waals surface area contributed by atoms with E-state index in [0.29, 0.717) is 0 Å². The smallest absolute Gasteiger partial charge is 0.456 e. The Morgan fingerprint density at radius 3 is 2.53 bits per heavy atom. The summed E-state index contributed by atoms with van der Waals surface area (Å²) in [5, 5.41) is 0. The lowest BCUT2D eigenvalue weighted by molar-refractivity contribution is -0.165. The Kier molecular flexibility index (Phi) is 5.92. The van der Waals surface area contributed by atoms with Crippen molar-refractivity contribution in [3.8, 4) is 0 Å². The van der Waals surface area contributed by atoms with E-state index in [2.05, 4.69) is 19.5 Å². The van der Waals surface area contributed by atoms with Crippen molar-refractivity contribution in [2.75, 3.05) is 12.3 Å². The zero-order valence-corrected chi connectivity index (χ0v) is 16.5. The highest BCUT2D eigenvalue weighted by Crippen LogP contribution is 2.40. The van der Waals surface area contributed by atoms with E-state index >= 15 is 0 Å². The van der Waals surface area contributed by atoms with Crippen molar-refractivity contribution in [3.05, 3.63) is 16.7 Å². The summed E-state index contributed by atoms with van der Waals surface area (Å²) >= 11 is 0. The van der Waals surface area contributed by atoms with Crippen LogP contribution in [-0.2, 0) is 32.9 Å². The standard InChI is InChI=1S/C14H18N5O10P/c1-5(20)27-9-7(3-26-30(23,24)25)29-13(10(9)28-6(2)21)19-4-16-8-11(19)17-14(15)18-12(8)22/h4,7,9-10,13H,3H2,1-2H3,(H2,23,24,25)(H3,15,17,18,22)/t7-,9-,10-,13-/m1/s1. The lowest BCUT2D eigenvalue weighted by Gasteiger charge is -2.23. The second-order valence-electron chi connectivity index (χ2n) is 6.27. The van der Waals surface area contributed by atoms with Crippen LogP contribution in [0.5, 0.6) is 0 Å². The van der Waals surface area contributed by atoms with Crippen LogP contribution in [-0.4, -0.2) is 66.2 Å². The first-order valence-electron chi connectivity index (χ1n) is 8.38. The van der Waals surface area contributed by atoms with Gasteiger partial charge in [0.05, 0.1) is 12.9 Å². The second-order valence-corrected chi connectivity index (χ2v) is 7.51. The van der Waals surface area contributed by atoms with Crippen molar-refractivity contribution < 1.29 is 42.7 Å². The Balaban J connectivity index is 2.05. The number of nitrogens with zero attached hydrogens (tertiary/aromatic N) is 3. The molecule has 0 aromatic carbocycles. The number of carbonyl (C=O) groups excluding carboxylic acids is 2. The zero-order valence-electron chi connectivity index (χ0n) is 15.6. The number of imidazole rings is 1. The van der Waals surface area contributed by atoms with E-state index in [1.54, 1.807) is 0 Å². The van der Waals surface area contributed by atoms with Crippen molar-refractivity contribution in [3.63, 3.8) is 0 Å². The van der Waals surface area contributed by atoms with Gasteiger partial charge in [-0.3, -0.25) is 28.5 Å². The van der Waals surface area contributed by atoms with Gasteiger partial charge in [-0.25, -0.2) is 9.55 Å². The molecule has 0 radical (unpaired) electrons. The minimum atomic E-state index is -4.88. The molecule has 0 saturated carbocycles. The SMILES string of the molecule is CC(=O)O[C@@H]1[C@H](OC(C)=O)[C@@H](COP(=O)(O)O)O[C@H]1n1cnc2c(=O)[nH]c(N)nc21. The van der Waals surface area contributed by atoms with Gasteiger partial charge in [-0.15, -0.1) is 0 Å². The number of hydrogen-bond donors (Lipinski definition) is 4. The Bertz CT molecular complexity index is 1080. The molecule has 3 heterocycles. The fourth-order valence-corrected chi connectivity index (χ4v) is 3.36. The maximum atomic E-state index is 12.0. The molecule has 164 valence electrons. The van der Waals surface area contributed by atoms with Crippen molar-refractivity contribution in [1.82, 2.24) is 19.5 Å². The number of nitrogens with one attached hydrogen (secondary N) is 1. The molecule has 5 N–H and O–H groups in total. The summed E-state index contributed by atoms with van der Waals surface area (Å²) in [5.41, 5.74) is 4.84. The van der Waals surface area contributed by atoms with E-state index in [4.69, 9.17) is 29.7 Å². The summed E-state index contributed by atoms with van der Waals surface area (Å²) in [7, 11) is -4.88. The van der Waals surface area contributed by atoms with Crippen molar-refractivity contribution in [2.24, 2.45) is 0 Å². The predicted molar refractivity (Wildman–Crippen MR) is 95.6 cm³/mol. The highest BCUT2D eigenvalue weighted by atomic mass is 31.2. The average Bonchev–Trinajstić information content (AvgIpc) is 3.14. The maximum absolute atomic E-state index is 12.0. The van der Waals surface area contributed by atoms with Gasteiger partial charge < -0.3 is 29.7 Å². The Morgan fingerprint density at radius 2 is 1.93 bits per heavy atom. The number of anilines is 1. The fourth-order valence-electron chi connectivity index (χ4n) is 3.02. The van der Waals surface area contributed by atoms with E-state index in [1.807, 2.05) is 0 Å². The van der Waals surface area contributed by atoms with Crippen LogP contribution < -0.4 is 11.3 Å².